The highest BCUT2D eigenvalue weighted by atomic mass is 16.5. The Morgan fingerprint density at radius 1 is 1.35 bits per heavy atom. The zero-order valence-corrected chi connectivity index (χ0v) is 13.3. The Bertz CT molecular complexity index is 289. The van der Waals surface area contributed by atoms with E-state index in [0.29, 0.717) is 6.61 Å². The van der Waals surface area contributed by atoms with Crippen molar-refractivity contribution in [3.8, 4) is 0 Å². The molecule has 0 amide bonds. The van der Waals surface area contributed by atoms with E-state index in [1.807, 2.05) is 6.92 Å². The number of guanidine groups is 1. The van der Waals surface area contributed by atoms with E-state index in [9.17, 15) is 0 Å². The third-order valence-electron chi connectivity index (χ3n) is 3.41. The van der Waals surface area contributed by atoms with Gasteiger partial charge in [-0.2, -0.15) is 0 Å². The molecule has 0 saturated carbocycles. The van der Waals surface area contributed by atoms with Crippen molar-refractivity contribution in [2.75, 3.05) is 67.1 Å². The van der Waals surface area contributed by atoms with E-state index < -0.39 is 0 Å². The number of likely N-dealkylation sites (N-methyl/N-ethyl adjacent to an activating group) is 1. The number of methoxy groups -OCH3 is 1. The largest absolute Gasteiger partial charge is 0.382 e. The van der Waals surface area contributed by atoms with E-state index in [2.05, 4.69) is 39.2 Å². The SMILES string of the molecule is COCC(C)N=C(NN)N1CCN(CCN(C)C)CC1. The number of nitrogens with two attached hydrogens (primary N) is 1. The van der Waals surface area contributed by atoms with E-state index in [1.165, 1.54) is 0 Å². The number of ether oxygens (including phenoxy) is 1. The van der Waals surface area contributed by atoms with Crippen molar-refractivity contribution in [3.63, 3.8) is 0 Å². The molecule has 0 aromatic carbocycles. The summed E-state index contributed by atoms with van der Waals surface area (Å²) in [5, 5.41) is 0. The number of hydrazine groups is 1. The van der Waals surface area contributed by atoms with Gasteiger partial charge in [-0.1, -0.05) is 0 Å². The van der Waals surface area contributed by atoms with E-state index in [4.69, 9.17) is 10.6 Å². The van der Waals surface area contributed by atoms with Crippen LogP contribution in [0.2, 0.25) is 0 Å². The molecule has 1 fully saturated rings. The van der Waals surface area contributed by atoms with Gasteiger partial charge < -0.3 is 14.5 Å². The molecule has 0 aliphatic carbocycles. The molecule has 118 valence electrons. The Balaban J connectivity index is 2.41. The van der Waals surface area contributed by atoms with E-state index in [0.717, 1.165) is 45.2 Å². The van der Waals surface area contributed by atoms with Gasteiger partial charge >= 0.3 is 0 Å². The van der Waals surface area contributed by atoms with Gasteiger partial charge in [-0.15, -0.1) is 0 Å². The number of rotatable bonds is 6. The second-order valence-corrected chi connectivity index (χ2v) is 5.53. The summed E-state index contributed by atoms with van der Waals surface area (Å²) >= 11 is 0. The lowest BCUT2D eigenvalue weighted by atomic mass is 10.3. The highest BCUT2D eigenvalue weighted by Crippen LogP contribution is 2.03. The molecule has 20 heavy (non-hydrogen) atoms. The number of hydrogen-bond acceptors (Lipinski definition) is 5. The van der Waals surface area contributed by atoms with Crippen LogP contribution in [0.25, 0.3) is 0 Å². The van der Waals surface area contributed by atoms with E-state index in [-0.39, 0.29) is 6.04 Å². The maximum atomic E-state index is 5.60. The van der Waals surface area contributed by atoms with Gasteiger partial charge in [0, 0.05) is 46.4 Å². The number of nitrogens with zero attached hydrogens (tertiary/aromatic N) is 4. The Labute approximate surface area is 122 Å². The molecule has 0 bridgehead atoms. The first-order valence-electron chi connectivity index (χ1n) is 7.22. The molecular formula is C13H30N6O. The number of aliphatic imine (C=N–C) groups is 1. The van der Waals surface area contributed by atoms with Crippen molar-refractivity contribution >= 4 is 5.96 Å². The van der Waals surface area contributed by atoms with Gasteiger partial charge in [-0.05, 0) is 21.0 Å². The van der Waals surface area contributed by atoms with Crippen molar-refractivity contribution in [2.45, 2.75) is 13.0 Å². The summed E-state index contributed by atoms with van der Waals surface area (Å²) in [6.07, 6.45) is 0. The van der Waals surface area contributed by atoms with Crippen LogP contribution in [0.5, 0.6) is 0 Å². The zero-order chi connectivity index (χ0) is 15.0. The van der Waals surface area contributed by atoms with Crippen LogP contribution in [-0.4, -0.2) is 93.8 Å². The first-order valence-corrected chi connectivity index (χ1v) is 7.22. The third-order valence-corrected chi connectivity index (χ3v) is 3.41. The monoisotopic (exact) mass is 286 g/mol. The van der Waals surface area contributed by atoms with Crippen LogP contribution < -0.4 is 11.3 Å². The summed E-state index contributed by atoms with van der Waals surface area (Å²) in [5.41, 5.74) is 2.72. The fourth-order valence-electron chi connectivity index (χ4n) is 2.22. The molecule has 7 nitrogen and oxygen atoms in total. The van der Waals surface area contributed by atoms with E-state index in [1.54, 1.807) is 7.11 Å². The fraction of sp³-hybridized carbons (Fsp3) is 0.923. The molecule has 3 N–H and O–H groups in total. The summed E-state index contributed by atoms with van der Waals surface area (Å²) in [6.45, 7) is 8.85. The predicted molar refractivity (Wildman–Crippen MR) is 82.7 cm³/mol. The molecule has 1 aliphatic rings. The average molecular weight is 286 g/mol. The number of hydrogen-bond donors (Lipinski definition) is 2. The molecule has 7 heteroatoms. The standard InChI is InChI=1S/C13H30N6O/c1-12(11-20-4)15-13(16-14)19-9-7-18(8-10-19)6-5-17(2)3/h12H,5-11,14H2,1-4H3,(H,15,16). The smallest absolute Gasteiger partial charge is 0.208 e. The van der Waals surface area contributed by atoms with Crippen molar-refractivity contribution in [3.05, 3.63) is 0 Å². The summed E-state index contributed by atoms with van der Waals surface area (Å²) < 4.78 is 5.10. The zero-order valence-electron chi connectivity index (χ0n) is 13.3. The van der Waals surface area contributed by atoms with Gasteiger partial charge in [0.1, 0.15) is 0 Å². The normalized spacial score (nSPS) is 19.5. The van der Waals surface area contributed by atoms with Crippen molar-refractivity contribution in [2.24, 2.45) is 10.8 Å². The second-order valence-electron chi connectivity index (χ2n) is 5.53. The maximum Gasteiger partial charge on any atom is 0.208 e. The number of nitrogens with one attached hydrogen (secondary N) is 1. The summed E-state index contributed by atoms with van der Waals surface area (Å²) in [7, 11) is 5.90. The lowest BCUT2D eigenvalue weighted by Gasteiger charge is -2.36. The van der Waals surface area contributed by atoms with Crippen LogP contribution in [0, 0.1) is 0 Å². The minimum atomic E-state index is 0.109. The van der Waals surface area contributed by atoms with Crippen LogP contribution in [0.4, 0.5) is 0 Å². The summed E-state index contributed by atoms with van der Waals surface area (Å²) in [4.78, 5) is 11.5. The minimum Gasteiger partial charge on any atom is -0.382 e. The fourth-order valence-corrected chi connectivity index (χ4v) is 2.22. The molecule has 1 aliphatic heterocycles. The van der Waals surface area contributed by atoms with Gasteiger partial charge in [0.25, 0.3) is 0 Å². The van der Waals surface area contributed by atoms with Crippen LogP contribution in [0.15, 0.2) is 4.99 Å². The Hall–Kier alpha value is -0.890. The molecule has 0 aromatic heterocycles. The molecule has 0 aromatic rings. The summed E-state index contributed by atoms with van der Waals surface area (Å²) in [5.74, 6) is 6.36. The first-order chi connectivity index (χ1) is 9.56. The molecule has 0 spiro atoms. The van der Waals surface area contributed by atoms with Crippen LogP contribution >= 0.6 is 0 Å². The maximum absolute atomic E-state index is 5.60. The minimum absolute atomic E-state index is 0.109. The number of piperazine rings is 1. The molecule has 1 unspecified atom stereocenters. The van der Waals surface area contributed by atoms with Gasteiger partial charge in [0.05, 0.1) is 12.6 Å². The van der Waals surface area contributed by atoms with Crippen LogP contribution in [-0.2, 0) is 4.74 Å². The molecule has 1 saturated heterocycles. The Morgan fingerprint density at radius 2 is 2.00 bits per heavy atom. The average Bonchev–Trinajstić information content (AvgIpc) is 2.43. The highest BCUT2D eigenvalue weighted by Gasteiger charge is 2.19. The van der Waals surface area contributed by atoms with Gasteiger partial charge in [-0.3, -0.25) is 10.3 Å². The molecule has 0 radical (unpaired) electrons. The third kappa shape index (κ3) is 6.04. The van der Waals surface area contributed by atoms with Crippen molar-refractivity contribution in [1.82, 2.24) is 20.1 Å². The molecular weight excluding hydrogens is 256 g/mol. The topological polar surface area (TPSA) is 69.4 Å². The predicted octanol–water partition coefficient (Wildman–Crippen LogP) is -0.980. The molecule has 1 rings (SSSR count). The Kier molecular flexibility index (Phi) is 7.83. The first kappa shape index (κ1) is 17.2. The van der Waals surface area contributed by atoms with Gasteiger partial charge in [0.15, 0.2) is 0 Å². The lowest BCUT2D eigenvalue weighted by Crippen LogP contribution is -2.54. The highest BCUT2D eigenvalue weighted by molar-refractivity contribution is 5.79. The van der Waals surface area contributed by atoms with Crippen LogP contribution in [0.3, 0.4) is 0 Å². The summed E-state index contributed by atoms with van der Waals surface area (Å²) in [6, 6.07) is 0.109. The van der Waals surface area contributed by atoms with Crippen molar-refractivity contribution < 1.29 is 4.74 Å². The second kappa shape index (κ2) is 9.12. The quantitative estimate of drug-likeness (QED) is 0.283. The lowest BCUT2D eigenvalue weighted by molar-refractivity contribution is 0.164. The van der Waals surface area contributed by atoms with E-state index >= 15 is 0 Å². The van der Waals surface area contributed by atoms with Gasteiger partial charge in [0.2, 0.25) is 5.96 Å². The molecule has 1 atom stereocenters. The van der Waals surface area contributed by atoms with Crippen LogP contribution in [0.1, 0.15) is 6.92 Å². The van der Waals surface area contributed by atoms with Gasteiger partial charge in [-0.25, -0.2) is 10.8 Å². The van der Waals surface area contributed by atoms with Crippen molar-refractivity contribution in [1.29, 1.82) is 0 Å². The molecule has 1 heterocycles. The Morgan fingerprint density at radius 3 is 2.50 bits per heavy atom.